The van der Waals surface area contributed by atoms with Crippen LogP contribution in [-0.2, 0) is 19.6 Å². The maximum Gasteiger partial charge on any atom is 0.321 e. The zero-order valence-corrected chi connectivity index (χ0v) is 17.9. The minimum atomic E-state index is -4.19. The topological polar surface area (TPSA) is 145 Å². The highest BCUT2D eigenvalue weighted by molar-refractivity contribution is 7.89. The summed E-state index contributed by atoms with van der Waals surface area (Å²) >= 11 is 11.7. The van der Waals surface area contributed by atoms with Crippen LogP contribution in [-0.4, -0.2) is 42.6 Å². The predicted octanol–water partition coefficient (Wildman–Crippen LogP) is 3.18. The lowest BCUT2D eigenvalue weighted by atomic mass is 10.2. The number of nitriles is 1. The minimum Gasteiger partial charge on any atom is -0.507 e. The number of para-hydroxylation sites is 2. The predicted molar refractivity (Wildman–Crippen MR) is 114 cm³/mol. The van der Waals surface area contributed by atoms with E-state index in [0.717, 1.165) is 0 Å². The highest BCUT2D eigenvalue weighted by Crippen LogP contribution is 2.28. The number of hydrogen-bond acceptors (Lipinski definition) is 7. The van der Waals surface area contributed by atoms with Gasteiger partial charge in [0.1, 0.15) is 29.7 Å². The Morgan fingerprint density at radius 3 is 2.52 bits per heavy atom. The summed E-state index contributed by atoms with van der Waals surface area (Å²) in [6, 6.07) is 13.0. The summed E-state index contributed by atoms with van der Waals surface area (Å²) in [5, 5.41) is 19.3. The third-order valence-corrected chi connectivity index (χ3v) is 6.35. The summed E-state index contributed by atoms with van der Waals surface area (Å²) in [6.07, 6.45) is 0. The molecule has 0 fully saturated rings. The van der Waals surface area contributed by atoms with Crippen LogP contribution in [0.5, 0.6) is 0 Å². The number of allylic oxidation sites excluding steroid dienone is 1. The number of fused-ring (bicyclic) bond motifs is 1. The number of rotatable bonds is 7. The van der Waals surface area contributed by atoms with Crippen LogP contribution in [0.15, 0.2) is 53.1 Å². The molecule has 1 aromatic heterocycles. The number of hydrogen-bond donors (Lipinski definition) is 3. The second kappa shape index (κ2) is 9.36. The van der Waals surface area contributed by atoms with Crippen molar-refractivity contribution in [2.75, 3.05) is 13.2 Å². The van der Waals surface area contributed by atoms with Gasteiger partial charge < -0.3 is 14.8 Å². The highest BCUT2D eigenvalue weighted by Gasteiger charge is 2.23. The summed E-state index contributed by atoms with van der Waals surface area (Å²) in [7, 11) is -4.19. The van der Waals surface area contributed by atoms with Crippen molar-refractivity contribution in [3.8, 4) is 6.07 Å². The highest BCUT2D eigenvalue weighted by atomic mass is 35.5. The Morgan fingerprint density at radius 2 is 1.87 bits per heavy atom. The number of halogens is 2. The maximum absolute atomic E-state index is 12.3. The SMILES string of the molecule is N#CC(=C(O)COC(=O)CNS(=O)(=O)c1c(Cl)cccc1Cl)c1nc2ccccc2[nH]1. The number of H-pyrrole nitrogens is 1. The maximum atomic E-state index is 12.3. The second-order valence-corrected chi connectivity index (χ2v) is 8.59. The van der Waals surface area contributed by atoms with Crippen LogP contribution in [0.4, 0.5) is 0 Å². The first-order valence-corrected chi connectivity index (χ1v) is 10.8. The largest absolute Gasteiger partial charge is 0.507 e. The van der Waals surface area contributed by atoms with Crippen LogP contribution < -0.4 is 4.72 Å². The number of nitrogens with one attached hydrogen (secondary N) is 2. The number of esters is 1. The number of carbonyl (C=O) groups excluding carboxylic acids is 1. The molecule has 2 aromatic carbocycles. The number of nitrogens with zero attached hydrogens (tertiary/aromatic N) is 2. The Bertz CT molecular complexity index is 1280. The van der Waals surface area contributed by atoms with E-state index in [1.54, 1.807) is 30.3 Å². The molecule has 9 nitrogen and oxygen atoms in total. The third-order valence-electron chi connectivity index (χ3n) is 3.99. The van der Waals surface area contributed by atoms with Gasteiger partial charge in [-0.25, -0.2) is 13.4 Å². The molecule has 0 saturated heterocycles. The fourth-order valence-corrected chi connectivity index (χ4v) is 4.67. The molecule has 12 heteroatoms. The van der Waals surface area contributed by atoms with Crippen LogP contribution >= 0.6 is 23.2 Å². The molecule has 0 aliphatic rings. The van der Waals surface area contributed by atoms with Crippen LogP contribution in [0.3, 0.4) is 0 Å². The molecule has 0 bridgehead atoms. The summed E-state index contributed by atoms with van der Waals surface area (Å²) in [5.41, 5.74) is 1.03. The smallest absolute Gasteiger partial charge is 0.321 e. The lowest BCUT2D eigenvalue weighted by Gasteiger charge is -2.10. The van der Waals surface area contributed by atoms with E-state index >= 15 is 0 Å². The standard InChI is InChI=1S/C19H14Cl2N4O5S/c20-12-4-3-5-13(21)18(12)31(28,29)23-9-17(27)30-10-16(26)11(8-22)19-24-14-6-1-2-7-15(14)25-19/h1-7,23,26H,9-10H2,(H,24,25). The molecule has 3 rings (SSSR count). The van der Waals surface area contributed by atoms with Crippen molar-refractivity contribution in [2.24, 2.45) is 0 Å². The zero-order valence-electron chi connectivity index (χ0n) is 15.6. The molecule has 0 unspecified atom stereocenters. The Labute approximate surface area is 186 Å². The van der Waals surface area contributed by atoms with Gasteiger partial charge in [0, 0.05) is 0 Å². The summed E-state index contributed by atoms with van der Waals surface area (Å²) in [6.45, 7) is -1.41. The Hall–Kier alpha value is -3.10. The summed E-state index contributed by atoms with van der Waals surface area (Å²) in [5.74, 6) is -1.45. The second-order valence-electron chi connectivity index (χ2n) is 6.07. The molecule has 160 valence electrons. The van der Waals surface area contributed by atoms with Gasteiger partial charge in [-0.2, -0.15) is 9.98 Å². The van der Waals surface area contributed by atoms with Gasteiger partial charge in [-0.05, 0) is 24.3 Å². The van der Waals surface area contributed by atoms with E-state index < -0.39 is 34.9 Å². The van der Waals surface area contributed by atoms with Crippen molar-refractivity contribution in [1.82, 2.24) is 14.7 Å². The monoisotopic (exact) mass is 480 g/mol. The van der Waals surface area contributed by atoms with E-state index in [-0.39, 0.29) is 26.3 Å². The normalized spacial score (nSPS) is 12.3. The molecule has 0 aliphatic heterocycles. The quantitative estimate of drug-likeness (QED) is 0.267. The summed E-state index contributed by atoms with van der Waals surface area (Å²) in [4.78, 5) is 18.6. The van der Waals surface area contributed by atoms with E-state index in [1.165, 1.54) is 18.2 Å². The average Bonchev–Trinajstić information content (AvgIpc) is 3.14. The molecule has 3 aromatic rings. The van der Waals surface area contributed by atoms with Gasteiger partial charge in [0.25, 0.3) is 0 Å². The number of aliphatic hydroxyl groups excluding tert-OH is 1. The van der Waals surface area contributed by atoms with Crippen LogP contribution in [0, 0.1) is 11.3 Å². The number of carbonyl (C=O) groups is 1. The van der Waals surface area contributed by atoms with Crippen LogP contribution in [0.1, 0.15) is 5.82 Å². The number of imidazole rings is 1. The van der Waals surface area contributed by atoms with Gasteiger partial charge in [0.05, 0.1) is 21.1 Å². The molecule has 0 aliphatic carbocycles. The van der Waals surface area contributed by atoms with Gasteiger partial charge in [0.2, 0.25) is 10.0 Å². The first-order chi connectivity index (χ1) is 14.7. The van der Waals surface area contributed by atoms with Crippen molar-refractivity contribution in [1.29, 1.82) is 5.26 Å². The van der Waals surface area contributed by atoms with Gasteiger partial charge in [-0.15, -0.1) is 0 Å². The Balaban J connectivity index is 1.66. The molecule has 1 heterocycles. The van der Waals surface area contributed by atoms with Crippen molar-refractivity contribution in [2.45, 2.75) is 4.90 Å². The van der Waals surface area contributed by atoms with Gasteiger partial charge >= 0.3 is 5.97 Å². The molecule has 0 amide bonds. The Kier molecular flexibility index (Phi) is 6.82. The number of ether oxygens (including phenoxy) is 1. The minimum absolute atomic E-state index is 0.103. The Morgan fingerprint density at radius 1 is 1.19 bits per heavy atom. The zero-order chi connectivity index (χ0) is 22.6. The van der Waals surface area contributed by atoms with E-state index in [2.05, 4.69) is 9.97 Å². The number of aromatic amines is 1. The lowest BCUT2D eigenvalue weighted by Crippen LogP contribution is -2.31. The molecule has 0 saturated carbocycles. The first-order valence-electron chi connectivity index (χ1n) is 8.59. The fourth-order valence-electron chi connectivity index (χ4n) is 2.56. The molecule has 0 atom stereocenters. The molecule has 3 N–H and O–H groups in total. The van der Waals surface area contributed by atoms with Crippen LogP contribution in [0.25, 0.3) is 16.6 Å². The molecular formula is C19H14Cl2N4O5S. The van der Waals surface area contributed by atoms with Crippen molar-refractivity contribution in [3.63, 3.8) is 0 Å². The number of benzene rings is 2. The van der Waals surface area contributed by atoms with Crippen molar-refractivity contribution in [3.05, 3.63) is 64.1 Å². The van der Waals surface area contributed by atoms with E-state index in [4.69, 9.17) is 27.9 Å². The number of aliphatic hydroxyl groups is 1. The van der Waals surface area contributed by atoms with E-state index in [0.29, 0.717) is 11.0 Å². The van der Waals surface area contributed by atoms with Crippen molar-refractivity contribution < 1.29 is 23.1 Å². The molecule has 0 spiro atoms. The van der Waals surface area contributed by atoms with Crippen molar-refractivity contribution >= 4 is 55.8 Å². The van der Waals surface area contributed by atoms with Gasteiger partial charge in [-0.3, -0.25) is 4.79 Å². The van der Waals surface area contributed by atoms with Crippen LogP contribution in [0.2, 0.25) is 10.0 Å². The number of aromatic nitrogens is 2. The van der Waals surface area contributed by atoms with Gasteiger partial charge in [-0.1, -0.05) is 41.4 Å². The summed E-state index contributed by atoms with van der Waals surface area (Å²) < 4.78 is 31.5. The average molecular weight is 481 g/mol. The van der Waals surface area contributed by atoms with E-state index in [9.17, 15) is 23.6 Å². The molecule has 31 heavy (non-hydrogen) atoms. The molecular weight excluding hydrogens is 467 g/mol. The lowest BCUT2D eigenvalue weighted by molar-refractivity contribution is -0.141. The first kappa shape index (κ1) is 22.6. The van der Waals surface area contributed by atoms with Gasteiger partial charge in [0.15, 0.2) is 11.6 Å². The molecule has 0 radical (unpaired) electrons. The number of sulfonamides is 1. The fraction of sp³-hybridized carbons (Fsp3) is 0.105. The van der Waals surface area contributed by atoms with E-state index in [1.807, 2.05) is 4.72 Å². The third kappa shape index (κ3) is 5.15.